The van der Waals surface area contributed by atoms with Crippen LogP contribution in [0.4, 0.5) is 0 Å². The van der Waals surface area contributed by atoms with Gasteiger partial charge in [-0.3, -0.25) is 4.79 Å². The molecule has 0 aromatic heterocycles. The Morgan fingerprint density at radius 2 is 1.74 bits per heavy atom. The number of hydrogen-bond donors (Lipinski definition) is 0. The van der Waals surface area contributed by atoms with Gasteiger partial charge >= 0.3 is 0 Å². The zero-order valence-electron chi connectivity index (χ0n) is 21.1. The summed E-state index contributed by atoms with van der Waals surface area (Å²) in [6.07, 6.45) is 5.01. The first kappa shape index (κ1) is 27.3. The van der Waals surface area contributed by atoms with E-state index in [0.717, 1.165) is 29.8 Å². The summed E-state index contributed by atoms with van der Waals surface area (Å²) in [5.74, 6) is 0.837. The molecule has 0 aliphatic carbocycles. The molecule has 1 saturated heterocycles. The Hall–Kier alpha value is -2.30. The predicted octanol–water partition coefficient (Wildman–Crippen LogP) is 7.91. The molecular formula is C29H36Cl2N2O2. The molecule has 0 saturated carbocycles. The summed E-state index contributed by atoms with van der Waals surface area (Å²) in [7, 11) is 0. The molecule has 0 N–H and O–H groups in total. The van der Waals surface area contributed by atoms with Crippen molar-refractivity contribution in [2.24, 2.45) is 10.4 Å². The predicted molar refractivity (Wildman–Crippen MR) is 146 cm³/mol. The number of halogens is 2. The van der Waals surface area contributed by atoms with Crippen LogP contribution in [0.15, 0.2) is 72.2 Å². The van der Waals surface area contributed by atoms with Crippen molar-refractivity contribution >= 4 is 35.0 Å². The molecule has 1 amide bonds. The van der Waals surface area contributed by atoms with Gasteiger partial charge in [-0.1, -0.05) is 73.5 Å². The van der Waals surface area contributed by atoms with Crippen LogP contribution in [0.2, 0.25) is 10.0 Å². The second-order valence-electron chi connectivity index (χ2n) is 10.1. The number of ether oxygens (including phenoxy) is 1. The van der Waals surface area contributed by atoms with Crippen molar-refractivity contribution in [3.05, 3.63) is 82.9 Å². The summed E-state index contributed by atoms with van der Waals surface area (Å²) in [4.78, 5) is 20.6. The maximum Gasteiger partial charge on any atom is 0.230 e. The maximum atomic E-state index is 13.7. The summed E-state index contributed by atoms with van der Waals surface area (Å²) >= 11 is 11.6. The lowest BCUT2D eigenvalue weighted by molar-refractivity contribution is -0.151. The van der Waals surface area contributed by atoms with E-state index in [0.29, 0.717) is 23.9 Å². The fourth-order valence-electron chi connectivity index (χ4n) is 4.72. The molecule has 4 rings (SSSR count). The molecule has 188 valence electrons. The molecule has 2 aliphatic rings. The SMILES string of the molecule is C=CC[C@@]1(C)CCC(c2ccc(Cl)cc2)N(C(CC)C2=NC(C)(C)CO2)C1=O.Clc1ccccc1. The van der Waals surface area contributed by atoms with Gasteiger partial charge < -0.3 is 9.64 Å². The molecule has 2 aliphatic heterocycles. The van der Waals surface area contributed by atoms with E-state index in [1.54, 1.807) is 0 Å². The van der Waals surface area contributed by atoms with Gasteiger partial charge in [0.25, 0.3) is 0 Å². The average molecular weight is 516 g/mol. The monoisotopic (exact) mass is 514 g/mol. The highest BCUT2D eigenvalue weighted by atomic mass is 35.5. The molecule has 2 aromatic carbocycles. The number of aliphatic imine (C=N–C) groups is 1. The number of rotatable bonds is 6. The molecule has 35 heavy (non-hydrogen) atoms. The van der Waals surface area contributed by atoms with Crippen LogP contribution < -0.4 is 0 Å². The number of amides is 1. The van der Waals surface area contributed by atoms with E-state index in [1.165, 1.54) is 0 Å². The van der Waals surface area contributed by atoms with E-state index in [9.17, 15) is 4.79 Å². The number of likely N-dealkylation sites (tertiary alicyclic amines) is 1. The van der Waals surface area contributed by atoms with Crippen LogP contribution in [0.5, 0.6) is 0 Å². The number of nitrogens with zero attached hydrogens (tertiary/aromatic N) is 2. The second kappa shape index (κ2) is 11.6. The highest BCUT2D eigenvalue weighted by molar-refractivity contribution is 6.30. The zero-order chi connectivity index (χ0) is 25.6. The van der Waals surface area contributed by atoms with Crippen LogP contribution in [-0.2, 0) is 9.53 Å². The number of piperidine rings is 1. The van der Waals surface area contributed by atoms with Gasteiger partial charge in [0.2, 0.25) is 11.8 Å². The van der Waals surface area contributed by atoms with Gasteiger partial charge in [0, 0.05) is 10.0 Å². The number of allylic oxidation sites excluding steroid dienone is 1. The Labute approximate surface area is 220 Å². The molecule has 2 heterocycles. The first-order chi connectivity index (χ1) is 16.6. The van der Waals surface area contributed by atoms with Crippen LogP contribution in [0.3, 0.4) is 0 Å². The lowest BCUT2D eigenvalue weighted by Gasteiger charge is -2.47. The van der Waals surface area contributed by atoms with E-state index in [-0.39, 0.29) is 23.5 Å². The van der Waals surface area contributed by atoms with Gasteiger partial charge in [0.1, 0.15) is 12.6 Å². The molecule has 0 radical (unpaired) electrons. The largest absolute Gasteiger partial charge is 0.477 e. The van der Waals surface area contributed by atoms with E-state index in [2.05, 4.69) is 34.3 Å². The molecule has 1 fully saturated rings. The van der Waals surface area contributed by atoms with E-state index < -0.39 is 5.41 Å². The summed E-state index contributed by atoms with van der Waals surface area (Å²) in [6, 6.07) is 17.1. The van der Waals surface area contributed by atoms with E-state index >= 15 is 0 Å². The normalized spacial score (nSPS) is 24.1. The van der Waals surface area contributed by atoms with Crippen LogP contribution in [-0.4, -0.2) is 34.9 Å². The van der Waals surface area contributed by atoms with Crippen LogP contribution in [0, 0.1) is 5.41 Å². The minimum Gasteiger partial charge on any atom is -0.477 e. The van der Waals surface area contributed by atoms with Crippen molar-refractivity contribution in [1.29, 1.82) is 0 Å². The van der Waals surface area contributed by atoms with Gasteiger partial charge in [0.05, 0.1) is 17.0 Å². The molecule has 0 bridgehead atoms. The molecule has 3 atom stereocenters. The fraction of sp³-hybridized carbons (Fsp3) is 0.448. The van der Waals surface area contributed by atoms with E-state index in [4.69, 9.17) is 32.9 Å². The highest BCUT2D eigenvalue weighted by Gasteiger charge is 2.48. The Bertz CT molecular complexity index is 1040. The number of carbonyl (C=O) groups excluding carboxylic acids is 1. The van der Waals surface area contributed by atoms with Gasteiger partial charge in [-0.2, -0.15) is 0 Å². The van der Waals surface area contributed by atoms with Crippen LogP contribution in [0.25, 0.3) is 0 Å². The topological polar surface area (TPSA) is 41.9 Å². The summed E-state index contributed by atoms with van der Waals surface area (Å²) in [6.45, 7) is 12.7. The van der Waals surface area contributed by atoms with Crippen LogP contribution >= 0.6 is 23.2 Å². The minimum atomic E-state index is -0.438. The third-order valence-electron chi connectivity index (χ3n) is 6.63. The van der Waals surface area contributed by atoms with Crippen molar-refractivity contribution in [3.63, 3.8) is 0 Å². The molecule has 0 spiro atoms. The maximum absolute atomic E-state index is 13.7. The second-order valence-corrected chi connectivity index (χ2v) is 11.0. The quantitative estimate of drug-likeness (QED) is 0.367. The third kappa shape index (κ3) is 6.68. The molecular weight excluding hydrogens is 479 g/mol. The van der Waals surface area contributed by atoms with E-state index in [1.807, 2.05) is 65.6 Å². The zero-order valence-corrected chi connectivity index (χ0v) is 22.6. The summed E-state index contributed by atoms with van der Waals surface area (Å²) in [5, 5.41) is 1.49. The van der Waals surface area contributed by atoms with Gasteiger partial charge in [-0.25, -0.2) is 4.99 Å². The van der Waals surface area contributed by atoms with Crippen molar-refractivity contribution in [2.45, 2.75) is 71.0 Å². The molecule has 2 unspecified atom stereocenters. The lowest BCUT2D eigenvalue weighted by Crippen LogP contribution is -2.55. The first-order valence-electron chi connectivity index (χ1n) is 12.2. The lowest BCUT2D eigenvalue weighted by atomic mass is 9.74. The first-order valence-corrected chi connectivity index (χ1v) is 13.0. The smallest absolute Gasteiger partial charge is 0.230 e. The van der Waals surface area contributed by atoms with Crippen molar-refractivity contribution in [1.82, 2.24) is 4.90 Å². The van der Waals surface area contributed by atoms with Gasteiger partial charge in [-0.15, -0.1) is 6.58 Å². The fourth-order valence-corrected chi connectivity index (χ4v) is 4.99. The van der Waals surface area contributed by atoms with Crippen molar-refractivity contribution in [2.75, 3.05) is 6.61 Å². The molecule has 6 heteroatoms. The highest BCUT2D eigenvalue weighted by Crippen LogP contribution is 2.45. The Morgan fingerprint density at radius 3 is 2.23 bits per heavy atom. The average Bonchev–Trinajstić information content (AvgIpc) is 3.18. The summed E-state index contributed by atoms with van der Waals surface area (Å²) in [5.41, 5.74) is 0.420. The molecule has 2 aromatic rings. The number of hydrogen-bond acceptors (Lipinski definition) is 3. The van der Waals surface area contributed by atoms with Crippen LogP contribution in [0.1, 0.15) is 65.0 Å². The standard InChI is InChI=1S/C23H31ClN2O2.C6H5Cl/c1-6-13-23(5)14-12-19(16-8-10-17(24)11-9-16)26(21(23)27)18(7-2)20-25-22(3,4)15-28-20;7-6-4-2-1-3-5-6/h6,8-11,18-19H,1,7,12-15H2,2-5H3;1-5H/t18?,19?,23-;/m0./s1. The van der Waals surface area contributed by atoms with Gasteiger partial charge in [-0.05, 0) is 69.4 Å². The third-order valence-corrected chi connectivity index (χ3v) is 7.14. The Balaban J connectivity index is 0.000000420. The van der Waals surface area contributed by atoms with Crippen molar-refractivity contribution < 1.29 is 9.53 Å². The Morgan fingerprint density at radius 1 is 1.11 bits per heavy atom. The Kier molecular flexibility index (Phi) is 9.06. The number of carbonyl (C=O) groups is 1. The number of benzene rings is 2. The van der Waals surface area contributed by atoms with Gasteiger partial charge in [0.15, 0.2) is 0 Å². The molecule has 4 nitrogen and oxygen atoms in total. The minimum absolute atomic E-state index is 0.0115. The van der Waals surface area contributed by atoms with Crippen molar-refractivity contribution in [3.8, 4) is 0 Å². The summed E-state index contributed by atoms with van der Waals surface area (Å²) < 4.78 is 5.97.